The summed E-state index contributed by atoms with van der Waals surface area (Å²) in [5.74, 6) is 1.06. The third-order valence-electron chi connectivity index (χ3n) is 14.2. The Labute approximate surface area is 399 Å². The fourth-order valence-corrected chi connectivity index (χ4v) is 10.3. The topological polar surface area (TPSA) is 191 Å². The molecule has 368 valence electrons. The summed E-state index contributed by atoms with van der Waals surface area (Å²) in [6, 6.07) is 17.6. The van der Waals surface area contributed by atoms with Crippen molar-refractivity contribution < 1.29 is 72.5 Å². The fourth-order valence-electron chi connectivity index (χ4n) is 10.3. The van der Waals surface area contributed by atoms with Gasteiger partial charge < -0.3 is 62.9 Å². The lowest BCUT2D eigenvalue weighted by Gasteiger charge is -2.46. The number of fused-ring (bicyclic) bond motifs is 2. The van der Waals surface area contributed by atoms with E-state index in [9.17, 15) is 35.1 Å². The summed E-state index contributed by atoms with van der Waals surface area (Å²) >= 11 is 0. The van der Waals surface area contributed by atoms with Crippen LogP contribution in [0.25, 0.3) is 0 Å². The zero-order valence-corrected chi connectivity index (χ0v) is 40.4. The molecule has 0 aromatic heterocycles. The molecule has 15 nitrogen and oxygen atoms in total. The Morgan fingerprint density at radius 1 is 0.544 bits per heavy atom. The molecule has 6 rings (SSSR count). The van der Waals surface area contributed by atoms with E-state index in [0.717, 1.165) is 65.9 Å². The summed E-state index contributed by atoms with van der Waals surface area (Å²) in [4.78, 5) is 25.6. The lowest BCUT2D eigenvalue weighted by atomic mass is 9.83. The van der Waals surface area contributed by atoms with Crippen molar-refractivity contribution in [3.05, 3.63) is 128 Å². The van der Waals surface area contributed by atoms with Crippen molar-refractivity contribution in [2.24, 2.45) is 0 Å². The molecule has 4 aromatic carbocycles. The van der Waals surface area contributed by atoms with Crippen molar-refractivity contribution in [1.29, 1.82) is 0 Å². The van der Waals surface area contributed by atoms with Gasteiger partial charge in [-0.05, 0) is 74.8 Å². The summed E-state index contributed by atoms with van der Waals surface area (Å²) < 4.78 is 35.0. The zero-order valence-electron chi connectivity index (χ0n) is 40.4. The second-order valence-electron chi connectivity index (χ2n) is 18.3. The molecule has 0 fully saturated rings. The predicted octanol–water partition coefficient (Wildman–Crippen LogP) is 4.88. The Morgan fingerprint density at radius 3 is 1.54 bits per heavy atom. The molecule has 4 aromatic rings. The molecule has 4 unspecified atom stereocenters. The molecule has 2 aliphatic heterocycles. The number of quaternary nitrogens is 2. The van der Waals surface area contributed by atoms with Gasteiger partial charge in [0.25, 0.3) is 0 Å². The van der Waals surface area contributed by atoms with Crippen molar-refractivity contribution >= 4 is 11.9 Å². The van der Waals surface area contributed by atoms with E-state index in [-0.39, 0.29) is 58.3 Å². The maximum atomic E-state index is 12.8. The molecule has 15 heteroatoms. The number of hydrogen-bond donors (Lipinski definition) is 5. The van der Waals surface area contributed by atoms with E-state index >= 15 is 0 Å². The van der Waals surface area contributed by atoms with Gasteiger partial charge in [0.15, 0.2) is 23.0 Å². The largest absolute Gasteiger partial charge is 0.493 e. The number of esters is 2. The number of aliphatic hydroxyl groups excluding tert-OH is 5. The Balaban J connectivity index is 1.05. The summed E-state index contributed by atoms with van der Waals surface area (Å²) in [5, 5.41) is 50.2. The van der Waals surface area contributed by atoms with E-state index in [1.807, 2.05) is 48.5 Å². The lowest BCUT2D eigenvalue weighted by molar-refractivity contribution is -0.941. The van der Waals surface area contributed by atoms with Crippen LogP contribution in [0.1, 0.15) is 86.1 Å². The number of methoxy groups -OCH3 is 4. The third kappa shape index (κ3) is 11.8. The molecule has 0 amide bonds. The van der Waals surface area contributed by atoms with Gasteiger partial charge in [0, 0.05) is 67.4 Å². The van der Waals surface area contributed by atoms with E-state index in [2.05, 4.69) is 20.2 Å². The highest BCUT2D eigenvalue weighted by Gasteiger charge is 2.41. The number of ether oxygens (including phenoxy) is 6. The Morgan fingerprint density at radius 2 is 1.01 bits per heavy atom. The Bertz CT molecular complexity index is 2390. The molecule has 4 atom stereocenters. The highest BCUT2D eigenvalue weighted by atomic mass is 16.5. The number of benzene rings is 4. The number of nitrogens with zero attached hydrogens (tertiary/aromatic N) is 2. The highest BCUT2D eigenvalue weighted by Crippen LogP contribution is 2.44. The molecule has 0 spiro atoms. The molecule has 0 radical (unpaired) electrons. The first kappa shape index (κ1) is 51.9. The minimum atomic E-state index is -0.644. The molecular weight excluding hydrogens is 873 g/mol. The van der Waals surface area contributed by atoms with Crippen LogP contribution in [0, 0.1) is 0 Å². The SMILES string of the molecule is COc1cc2c(cc1OC)C(Cc1cc(CO)c(OC)c(OC)c1)[N+](C)(CCCOC(=O)/C=C\C(=O)OCCC[N+]1(C)CCc3cc(CO)c(CO)cc3C1Cc1ccc(CO)c(CO)c1)CC2. The van der Waals surface area contributed by atoms with Gasteiger partial charge in [-0.25, -0.2) is 9.59 Å². The molecule has 5 N–H and O–H groups in total. The van der Waals surface area contributed by atoms with Crippen LogP contribution < -0.4 is 18.9 Å². The van der Waals surface area contributed by atoms with E-state index in [0.29, 0.717) is 98.6 Å². The van der Waals surface area contributed by atoms with Crippen molar-refractivity contribution in [3.63, 3.8) is 0 Å². The Hall–Kier alpha value is -5.52. The van der Waals surface area contributed by atoms with Crippen LogP contribution in [0.5, 0.6) is 23.0 Å². The molecule has 0 saturated carbocycles. The molecule has 0 aliphatic carbocycles. The second-order valence-corrected chi connectivity index (χ2v) is 18.3. The number of aliphatic hydroxyl groups is 5. The molecule has 2 heterocycles. The highest BCUT2D eigenvalue weighted by molar-refractivity contribution is 5.91. The van der Waals surface area contributed by atoms with Gasteiger partial charge in [0.2, 0.25) is 0 Å². The van der Waals surface area contributed by atoms with Crippen molar-refractivity contribution in [2.75, 3.05) is 81.9 Å². The molecular formula is C53H70N2O13+2. The van der Waals surface area contributed by atoms with Gasteiger partial charge >= 0.3 is 11.9 Å². The smallest absolute Gasteiger partial charge is 0.331 e. The quantitative estimate of drug-likeness (QED) is 0.0293. The maximum absolute atomic E-state index is 12.8. The van der Waals surface area contributed by atoms with E-state index in [1.54, 1.807) is 28.4 Å². The van der Waals surface area contributed by atoms with Gasteiger partial charge in [-0.15, -0.1) is 0 Å². The molecule has 0 bridgehead atoms. The number of likely N-dealkylation sites (N-methyl/N-ethyl adjacent to an activating group) is 2. The standard InChI is InChI=1S/C53H70N2O13/c1-54(17-13-37-26-41(32-58)42(33-59)27-44(37)46(54)23-35-9-10-39(30-56)40(21-35)31-57)15-7-19-67-51(61)11-12-52(62)68-20-8-16-55(2)18-14-38-28-48(63-3)49(64-4)29-45(38)47(55)24-36-22-43(34-60)53(66-6)50(25-36)65-5/h9-12,21-22,25-29,46-47,56-60H,7-8,13-20,23-24,30-34H2,1-6H3/q+2/b12-11-. The second kappa shape index (κ2) is 23.7. The third-order valence-corrected chi connectivity index (χ3v) is 14.2. The number of carbonyl (C=O) groups is 2. The van der Waals surface area contributed by atoms with Crippen molar-refractivity contribution in [3.8, 4) is 23.0 Å². The fraction of sp³-hybridized carbons (Fsp3) is 0.472. The molecule has 2 aliphatic rings. The van der Waals surface area contributed by atoms with Crippen LogP contribution >= 0.6 is 0 Å². The summed E-state index contributed by atoms with van der Waals surface area (Å²) in [5.41, 5.74) is 9.83. The van der Waals surface area contributed by atoms with Crippen LogP contribution in [0.15, 0.2) is 66.7 Å². The van der Waals surface area contributed by atoms with Gasteiger partial charge in [-0.3, -0.25) is 0 Å². The molecule has 0 saturated heterocycles. The van der Waals surface area contributed by atoms with Crippen molar-refractivity contribution in [2.45, 2.75) is 83.6 Å². The monoisotopic (exact) mass is 942 g/mol. The first-order chi connectivity index (χ1) is 32.8. The first-order valence-electron chi connectivity index (χ1n) is 23.3. The lowest BCUT2D eigenvalue weighted by Crippen LogP contribution is -2.52. The van der Waals surface area contributed by atoms with Gasteiger partial charge in [0.05, 0.1) is 115 Å². The number of rotatable bonds is 23. The van der Waals surface area contributed by atoms with E-state index < -0.39 is 11.9 Å². The van der Waals surface area contributed by atoms with Gasteiger partial charge in [-0.1, -0.05) is 24.3 Å². The van der Waals surface area contributed by atoms with Crippen molar-refractivity contribution in [1.82, 2.24) is 0 Å². The first-order valence-corrected chi connectivity index (χ1v) is 23.3. The summed E-state index contributed by atoms with van der Waals surface area (Å²) in [6.45, 7) is 2.33. The maximum Gasteiger partial charge on any atom is 0.331 e. The average Bonchev–Trinajstić information content (AvgIpc) is 3.36. The number of hydrogen-bond acceptors (Lipinski definition) is 13. The van der Waals surface area contributed by atoms with E-state index in [4.69, 9.17) is 28.4 Å². The summed E-state index contributed by atoms with van der Waals surface area (Å²) in [7, 11) is 10.8. The Kier molecular flexibility index (Phi) is 18.0. The van der Waals surface area contributed by atoms with Gasteiger partial charge in [0.1, 0.15) is 12.1 Å². The summed E-state index contributed by atoms with van der Waals surface area (Å²) in [6.07, 6.45) is 6.13. The number of carbonyl (C=O) groups excluding carboxylic acids is 2. The normalized spacial score (nSPS) is 19.8. The van der Waals surface area contributed by atoms with Crippen LogP contribution in [0.2, 0.25) is 0 Å². The predicted molar refractivity (Wildman–Crippen MR) is 254 cm³/mol. The van der Waals surface area contributed by atoms with Gasteiger partial charge in [-0.2, -0.15) is 0 Å². The van der Waals surface area contributed by atoms with Crippen LogP contribution in [0.3, 0.4) is 0 Å². The van der Waals surface area contributed by atoms with Crippen LogP contribution in [-0.4, -0.2) is 128 Å². The molecule has 68 heavy (non-hydrogen) atoms. The van der Waals surface area contributed by atoms with Crippen LogP contribution in [-0.2, 0) is 77.8 Å². The van der Waals surface area contributed by atoms with Crippen LogP contribution in [0.4, 0.5) is 0 Å². The average molecular weight is 943 g/mol. The zero-order chi connectivity index (χ0) is 49.0. The minimum absolute atomic E-state index is 0.0289. The minimum Gasteiger partial charge on any atom is -0.493 e. The van der Waals surface area contributed by atoms with E-state index in [1.165, 1.54) is 5.56 Å².